The Kier molecular flexibility index (Phi) is 5.83. The van der Waals surface area contributed by atoms with Gasteiger partial charge in [-0.2, -0.15) is 5.10 Å². The number of hydrogen-bond donors (Lipinski definition) is 0. The molecule has 0 N–H and O–H groups in total. The van der Waals surface area contributed by atoms with Gasteiger partial charge in [0.2, 0.25) is 0 Å². The Morgan fingerprint density at radius 2 is 2.16 bits per heavy atom. The van der Waals surface area contributed by atoms with Gasteiger partial charge in [0.15, 0.2) is 6.29 Å². The van der Waals surface area contributed by atoms with E-state index in [1.165, 1.54) is 0 Å². The zero-order chi connectivity index (χ0) is 17.6. The lowest BCUT2D eigenvalue weighted by Gasteiger charge is -2.22. The molecule has 0 bridgehead atoms. The molecule has 1 atom stereocenters. The van der Waals surface area contributed by atoms with E-state index in [1.54, 1.807) is 18.1 Å². The lowest BCUT2D eigenvalue weighted by atomic mass is 10.2. The van der Waals surface area contributed by atoms with Crippen LogP contribution in [0.5, 0.6) is 0 Å². The van der Waals surface area contributed by atoms with E-state index >= 15 is 0 Å². The van der Waals surface area contributed by atoms with Crippen LogP contribution in [0.1, 0.15) is 35.3 Å². The van der Waals surface area contributed by atoms with E-state index in [9.17, 15) is 4.79 Å². The molecule has 2 heterocycles. The van der Waals surface area contributed by atoms with Gasteiger partial charge in [0.1, 0.15) is 0 Å². The number of rotatable bonds is 6. The van der Waals surface area contributed by atoms with Crippen molar-refractivity contribution in [1.29, 1.82) is 0 Å². The van der Waals surface area contributed by atoms with Crippen molar-refractivity contribution in [3.05, 3.63) is 47.8 Å². The molecule has 1 amide bonds. The number of carbonyl (C=O) groups is 1. The van der Waals surface area contributed by atoms with E-state index in [4.69, 9.17) is 9.47 Å². The number of hydrogen-bond acceptors (Lipinski definition) is 4. The van der Waals surface area contributed by atoms with Crippen LogP contribution < -0.4 is 4.90 Å². The topological polar surface area (TPSA) is 56.6 Å². The fraction of sp³-hybridized carbons (Fsp3) is 0.474. The van der Waals surface area contributed by atoms with Crippen LogP contribution in [0, 0.1) is 6.92 Å². The Bertz CT molecular complexity index is 693. The van der Waals surface area contributed by atoms with Crippen LogP contribution in [0.3, 0.4) is 0 Å². The molecule has 1 aromatic heterocycles. The summed E-state index contributed by atoms with van der Waals surface area (Å²) in [6.07, 6.45) is 4.74. The van der Waals surface area contributed by atoms with Crippen molar-refractivity contribution < 1.29 is 14.3 Å². The first-order valence-electron chi connectivity index (χ1n) is 8.75. The molecule has 0 radical (unpaired) electrons. The van der Waals surface area contributed by atoms with Gasteiger partial charge in [-0.1, -0.05) is 18.2 Å². The summed E-state index contributed by atoms with van der Waals surface area (Å²) in [5, 5.41) is 4.34. The molecule has 0 saturated carbocycles. The summed E-state index contributed by atoms with van der Waals surface area (Å²) in [6, 6.07) is 9.59. The summed E-state index contributed by atoms with van der Waals surface area (Å²) in [5.74, 6) is -0.0634. The highest BCUT2D eigenvalue weighted by molar-refractivity contribution is 6.06. The number of para-hydroxylation sites is 1. The largest absolute Gasteiger partial charge is 0.353 e. The van der Waals surface area contributed by atoms with E-state index < -0.39 is 0 Å². The van der Waals surface area contributed by atoms with Crippen molar-refractivity contribution >= 4 is 11.6 Å². The average Bonchev–Trinajstić information content (AvgIpc) is 3.03. The van der Waals surface area contributed by atoms with Crippen LogP contribution in [0.2, 0.25) is 0 Å². The molecule has 1 fully saturated rings. The molecule has 25 heavy (non-hydrogen) atoms. The first kappa shape index (κ1) is 17.6. The van der Waals surface area contributed by atoms with Crippen LogP contribution in [-0.2, 0) is 16.0 Å². The minimum atomic E-state index is -0.102. The lowest BCUT2D eigenvalue weighted by Crippen LogP contribution is -2.27. The third-order valence-corrected chi connectivity index (χ3v) is 4.53. The third-order valence-electron chi connectivity index (χ3n) is 4.53. The van der Waals surface area contributed by atoms with Gasteiger partial charge in [-0.3, -0.25) is 9.48 Å². The number of nitrogens with zero attached hydrogens (tertiary/aromatic N) is 3. The monoisotopic (exact) mass is 343 g/mol. The SMILES string of the molecule is Cc1c(C(=O)N(C)c2ccccc2)cnn1CCO[C@@H]1CCCCO1. The maximum absolute atomic E-state index is 12.7. The second kappa shape index (κ2) is 8.27. The van der Waals surface area contributed by atoms with Crippen molar-refractivity contribution in [3.8, 4) is 0 Å². The molecular formula is C19H25N3O3. The number of carbonyl (C=O) groups excluding carboxylic acids is 1. The van der Waals surface area contributed by atoms with Crippen LogP contribution >= 0.6 is 0 Å². The quantitative estimate of drug-likeness (QED) is 0.809. The highest BCUT2D eigenvalue weighted by Gasteiger charge is 2.19. The molecule has 1 saturated heterocycles. The predicted octanol–water partition coefficient (Wildman–Crippen LogP) is 3.01. The zero-order valence-electron chi connectivity index (χ0n) is 14.9. The highest BCUT2D eigenvalue weighted by Crippen LogP contribution is 2.17. The maximum Gasteiger partial charge on any atom is 0.261 e. The predicted molar refractivity (Wildman–Crippen MR) is 95.7 cm³/mol. The summed E-state index contributed by atoms with van der Waals surface area (Å²) in [4.78, 5) is 14.4. The van der Waals surface area contributed by atoms with Gasteiger partial charge >= 0.3 is 0 Å². The summed E-state index contributed by atoms with van der Waals surface area (Å²) < 4.78 is 13.1. The highest BCUT2D eigenvalue weighted by atomic mass is 16.7. The fourth-order valence-corrected chi connectivity index (χ4v) is 2.94. The summed E-state index contributed by atoms with van der Waals surface area (Å²) in [6.45, 7) is 3.81. The molecule has 1 aliphatic rings. The second-order valence-corrected chi connectivity index (χ2v) is 6.23. The lowest BCUT2D eigenvalue weighted by molar-refractivity contribution is -0.163. The van der Waals surface area contributed by atoms with Crippen LogP contribution in [-0.4, -0.2) is 42.2 Å². The second-order valence-electron chi connectivity index (χ2n) is 6.23. The van der Waals surface area contributed by atoms with Gasteiger partial charge < -0.3 is 14.4 Å². The van der Waals surface area contributed by atoms with Gasteiger partial charge in [0.05, 0.1) is 24.9 Å². The molecule has 0 aliphatic carbocycles. The Labute approximate surface area is 148 Å². The van der Waals surface area contributed by atoms with Crippen LogP contribution in [0.15, 0.2) is 36.5 Å². The van der Waals surface area contributed by atoms with Gasteiger partial charge in [-0.25, -0.2) is 0 Å². The van der Waals surface area contributed by atoms with Gasteiger partial charge in [0, 0.05) is 25.0 Å². The molecule has 6 nitrogen and oxygen atoms in total. The van der Waals surface area contributed by atoms with Crippen molar-refractivity contribution in [1.82, 2.24) is 9.78 Å². The Morgan fingerprint density at radius 1 is 1.36 bits per heavy atom. The number of anilines is 1. The Hall–Kier alpha value is -2.18. The maximum atomic E-state index is 12.7. The minimum Gasteiger partial charge on any atom is -0.353 e. The molecular weight excluding hydrogens is 318 g/mol. The summed E-state index contributed by atoms with van der Waals surface area (Å²) in [5.41, 5.74) is 2.32. The van der Waals surface area contributed by atoms with Crippen molar-refractivity contribution in [2.75, 3.05) is 25.2 Å². The summed E-state index contributed by atoms with van der Waals surface area (Å²) in [7, 11) is 1.78. The molecule has 2 aromatic rings. The first-order valence-corrected chi connectivity index (χ1v) is 8.75. The van der Waals surface area contributed by atoms with Crippen molar-refractivity contribution in [2.24, 2.45) is 0 Å². The van der Waals surface area contributed by atoms with Crippen LogP contribution in [0.25, 0.3) is 0 Å². The van der Waals surface area contributed by atoms with Crippen molar-refractivity contribution in [2.45, 2.75) is 39.0 Å². The molecule has 1 aliphatic heterocycles. The third kappa shape index (κ3) is 4.27. The van der Waals surface area contributed by atoms with Gasteiger partial charge in [-0.15, -0.1) is 0 Å². The normalized spacial score (nSPS) is 17.4. The Balaban J connectivity index is 1.59. The van der Waals surface area contributed by atoms with E-state index in [0.29, 0.717) is 18.7 Å². The van der Waals surface area contributed by atoms with E-state index in [1.807, 2.05) is 41.9 Å². The molecule has 6 heteroatoms. The van der Waals surface area contributed by atoms with E-state index in [2.05, 4.69) is 5.10 Å². The van der Waals surface area contributed by atoms with Gasteiger partial charge in [0.25, 0.3) is 5.91 Å². The van der Waals surface area contributed by atoms with Crippen LogP contribution in [0.4, 0.5) is 5.69 Å². The zero-order valence-corrected chi connectivity index (χ0v) is 14.9. The number of ether oxygens (including phenoxy) is 2. The fourth-order valence-electron chi connectivity index (χ4n) is 2.94. The molecule has 3 rings (SSSR count). The Morgan fingerprint density at radius 3 is 2.88 bits per heavy atom. The van der Waals surface area contributed by atoms with Gasteiger partial charge in [-0.05, 0) is 38.3 Å². The molecule has 0 spiro atoms. The van der Waals surface area contributed by atoms with E-state index in [-0.39, 0.29) is 12.2 Å². The smallest absolute Gasteiger partial charge is 0.261 e. The van der Waals surface area contributed by atoms with E-state index in [0.717, 1.165) is 37.3 Å². The number of aromatic nitrogens is 2. The number of amides is 1. The molecule has 134 valence electrons. The first-order chi connectivity index (χ1) is 12.2. The average molecular weight is 343 g/mol. The minimum absolute atomic E-state index is 0.0634. The van der Waals surface area contributed by atoms with Crippen molar-refractivity contribution in [3.63, 3.8) is 0 Å². The standard InChI is InChI=1S/C19H25N3O3/c1-15-17(19(23)21(2)16-8-4-3-5-9-16)14-20-22(15)11-13-25-18-10-6-7-12-24-18/h3-5,8-9,14,18H,6-7,10-13H2,1-2H3/t18-/m1/s1. The number of benzene rings is 1. The molecule has 1 aromatic carbocycles. The molecule has 0 unspecified atom stereocenters. The summed E-state index contributed by atoms with van der Waals surface area (Å²) >= 11 is 0.